The predicted molar refractivity (Wildman–Crippen MR) is 206 cm³/mol. The van der Waals surface area contributed by atoms with Crippen molar-refractivity contribution in [3.8, 4) is 0 Å². The fourth-order valence-electron chi connectivity index (χ4n) is 6.20. The number of nitrogens with one attached hydrogen (secondary N) is 3. The van der Waals surface area contributed by atoms with Gasteiger partial charge in [0.1, 0.15) is 6.61 Å². The molecule has 3 amide bonds. The van der Waals surface area contributed by atoms with Gasteiger partial charge in [0.15, 0.2) is 0 Å². The van der Waals surface area contributed by atoms with Crippen LogP contribution in [0, 0.1) is 0 Å². The van der Waals surface area contributed by atoms with Crippen LogP contribution >= 0.6 is 0 Å². The lowest BCUT2D eigenvalue weighted by molar-refractivity contribution is -0.131. The average molecular weight is 696 g/mol. The fraction of sp³-hybridized carbons (Fsp3) is 0.927. The van der Waals surface area contributed by atoms with Gasteiger partial charge in [-0.15, -0.1) is 0 Å². The van der Waals surface area contributed by atoms with Gasteiger partial charge in [0, 0.05) is 19.6 Å². The van der Waals surface area contributed by atoms with Gasteiger partial charge in [-0.05, 0) is 19.8 Å². The summed E-state index contributed by atoms with van der Waals surface area (Å²) in [6.45, 7) is 7.43. The van der Waals surface area contributed by atoms with Gasteiger partial charge in [-0.25, -0.2) is 9.59 Å². The molecule has 290 valence electrons. The van der Waals surface area contributed by atoms with Crippen molar-refractivity contribution in [2.45, 2.75) is 219 Å². The largest absolute Gasteiger partial charge is 0.445 e. The second-order valence-electron chi connectivity index (χ2n) is 14.1. The molecule has 0 aromatic heterocycles. The molecule has 1 atom stereocenters. The quantitative estimate of drug-likeness (QED) is 0.0561. The van der Waals surface area contributed by atoms with Gasteiger partial charge >= 0.3 is 12.2 Å². The van der Waals surface area contributed by atoms with Crippen LogP contribution in [0.25, 0.3) is 0 Å². The highest BCUT2D eigenvalue weighted by Gasteiger charge is 2.24. The van der Waals surface area contributed by atoms with Gasteiger partial charge in [-0.1, -0.05) is 194 Å². The number of unbranched alkanes of at least 4 members (excludes halogenated alkanes) is 28. The van der Waals surface area contributed by atoms with E-state index in [0.717, 1.165) is 25.7 Å². The van der Waals surface area contributed by atoms with Crippen LogP contribution in [-0.4, -0.2) is 50.4 Å². The first-order chi connectivity index (χ1) is 24.0. The molecule has 0 saturated carbocycles. The van der Waals surface area contributed by atoms with Gasteiger partial charge in [0.25, 0.3) is 5.91 Å². The fourth-order valence-corrected chi connectivity index (χ4v) is 6.20. The van der Waals surface area contributed by atoms with Gasteiger partial charge in [-0.2, -0.15) is 0 Å². The van der Waals surface area contributed by atoms with Crippen LogP contribution in [0.2, 0.25) is 0 Å². The number of rotatable bonds is 37. The second-order valence-corrected chi connectivity index (χ2v) is 14.1. The SMILES string of the molecule is CCCCCCCCCCCCCCCCCCNC(=O)OC(COC(=O)NCCCCCCCCCCCCCCCC)C(=O)NCC. The zero-order chi connectivity index (χ0) is 35.9. The van der Waals surface area contributed by atoms with Crippen molar-refractivity contribution >= 4 is 18.1 Å². The molecule has 0 aliphatic heterocycles. The maximum absolute atomic E-state index is 12.4. The van der Waals surface area contributed by atoms with Crippen LogP contribution in [0.3, 0.4) is 0 Å². The van der Waals surface area contributed by atoms with E-state index < -0.39 is 24.2 Å². The molecule has 8 heteroatoms. The number of amides is 3. The Hall–Kier alpha value is -1.99. The molecule has 0 heterocycles. The highest BCUT2D eigenvalue weighted by molar-refractivity contribution is 5.83. The van der Waals surface area contributed by atoms with Crippen molar-refractivity contribution in [1.29, 1.82) is 0 Å². The molecule has 49 heavy (non-hydrogen) atoms. The van der Waals surface area contributed by atoms with Crippen LogP contribution in [-0.2, 0) is 14.3 Å². The standard InChI is InChI=1S/C41H81N3O5/c1-4-7-9-11-13-15-17-19-21-22-24-26-28-30-32-34-36-44-41(47)49-38(39(45)42-6-3)37-48-40(46)43-35-33-31-29-27-25-23-20-18-16-14-12-10-8-5-2/h38H,4-37H2,1-3H3,(H,42,45)(H,43,46)(H,44,47). The van der Waals surface area contributed by atoms with Crippen molar-refractivity contribution in [3.05, 3.63) is 0 Å². The first-order valence-electron chi connectivity index (χ1n) is 21.2. The molecule has 0 bridgehead atoms. The Labute approximate surface area is 303 Å². The minimum atomic E-state index is -1.18. The third kappa shape index (κ3) is 35.6. The summed E-state index contributed by atoms with van der Waals surface area (Å²) in [6, 6.07) is 0. The highest BCUT2D eigenvalue weighted by atomic mass is 16.6. The number of carbonyl (C=O) groups excluding carboxylic acids is 3. The summed E-state index contributed by atoms with van der Waals surface area (Å²) in [7, 11) is 0. The van der Waals surface area contributed by atoms with E-state index >= 15 is 0 Å². The smallest absolute Gasteiger partial charge is 0.408 e. The summed E-state index contributed by atoms with van der Waals surface area (Å²) in [5.74, 6) is -0.472. The Bertz CT molecular complexity index is 736. The number of likely N-dealkylation sites (N-methyl/N-ethyl adjacent to an activating group) is 1. The van der Waals surface area contributed by atoms with E-state index in [9.17, 15) is 14.4 Å². The summed E-state index contributed by atoms with van der Waals surface area (Å²) in [5, 5.41) is 8.12. The van der Waals surface area contributed by atoms with Crippen LogP contribution in [0.1, 0.15) is 213 Å². The minimum Gasteiger partial charge on any atom is -0.445 e. The Balaban J connectivity index is 3.78. The van der Waals surface area contributed by atoms with Crippen LogP contribution in [0.15, 0.2) is 0 Å². The molecule has 0 aromatic rings. The maximum atomic E-state index is 12.4. The van der Waals surface area contributed by atoms with Crippen LogP contribution in [0.5, 0.6) is 0 Å². The van der Waals surface area contributed by atoms with E-state index in [1.54, 1.807) is 6.92 Å². The predicted octanol–water partition coefficient (Wildman–Crippen LogP) is 11.7. The molecule has 0 aliphatic carbocycles. The summed E-state index contributed by atoms with van der Waals surface area (Å²) in [5.41, 5.74) is 0. The Morgan fingerprint density at radius 2 is 0.714 bits per heavy atom. The second kappa shape index (κ2) is 38.8. The lowest BCUT2D eigenvalue weighted by atomic mass is 10.0. The third-order valence-electron chi connectivity index (χ3n) is 9.36. The summed E-state index contributed by atoms with van der Waals surface area (Å²) in [6.07, 6.45) is 36.3. The van der Waals surface area contributed by atoms with E-state index in [1.807, 2.05) is 0 Å². The molecule has 0 radical (unpaired) electrons. The summed E-state index contributed by atoms with van der Waals surface area (Å²) in [4.78, 5) is 36.9. The lowest BCUT2D eigenvalue weighted by Crippen LogP contribution is -2.44. The molecule has 8 nitrogen and oxygen atoms in total. The molecule has 0 aromatic carbocycles. The Morgan fingerprint density at radius 3 is 1.04 bits per heavy atom. The lowest BCUT2D eigenvalue weighted by Gasteiger charge is -2.18. The van der Waals surface area contributed by atoms with Crippen molar-refractivity contribution in [3.63, 3.8) is 0 Å². The zero-order valence-corrected chi connectivity index (χ0v) is 32.7. The van der Waals surface area contributed by atoms with Crippen molar-refractivity contribution in [1.82, 2.24) is 16.0 Å². The highest BCUT2D eigenvalue weighted by Crippen LogP contribution is 2.15. The summed E-state index contributed by atoms with van der Waals surface area (Å²) >= 11 is 0. The first kappa shape index (κ1) is 47.0. The van der Waals surface area contributed by atoms with E-state index in [-0.39, 0.29) is 6.61 Å². The van der Waals surface area contributed by atoms with Gasteiger partial charge in [0.05, 0.1) is 0 Å². The number of hydrogen-bond donors (Lipinski definition) is 3. The number of alkyl carbamates (subject to hydrolysis) is 2. The Kier molecular flexibility index (Phi) is 37.2. The molecule has 0 spiro atoms. The average Bonchev–Trinajstić information content (AvgIpc) is 3.09. The van der Waals surface area contributed by atoms with Gasteiger partial charge < -0.3 is 25.4 Å². The molecule has 0 aliphatic rings. The third-order valence-corrected chi connectivity index (χ3v) is 9.36. The van der Waals surface area contributed by atoms with Gasteiger partial charge in [0.2, 0.25) is 6.10 Å². The van der Waals surface area contributed by atoms with Crippen LogP contribution in [0.4, 0.5) is 9.59 Å². The van der Waals surface area contributed by atoms with Crippen molar-refractivity contribution < 1.29 is 23.9 Å². The number of ether oxygens (including phenoxy) is 2. The molecule has 1 unspecified atom stereocenters. The molecule has 3 N–H and O–H groups in total. The van der Waals surface area contributed by atoms with E-state index in [4.69, 9.17) is 9.47 Å². The maximum Gasteiger partial charge on any atom is 0.408 e. The molecule has 0 fully saturated rings. The summed E-state index contributed by atoms with van der Waals surface area (Å²) < 4.78 is 10.5. The van der Waals surface area contributed by atoms with Crippen LogP contribution < -0.4 is 16.0 Å². The zero-order valence-electron chi connectivity index (χ0n) is 32.7. The topological polar surface area (TPSA) is 106 Å². The number of hydrogen-bond acceptors (Lipinski definition) is 5. The van der Waals surface area contributed by atoms with E-state index in [0.29, 0.717) is 19.6 Å². The van der Waals surface area contributed by atoms with Gasteiger partial charge in [-0.3, -0.25) is 4.79 Å². The monoisotopic (exact) mass is 696 g/mol. The van der Waals surface area contributed by atoms with Crippen molar-refractivity contribution in [2.24, 2.45) is 0 Å². The van der Waals surface area contributed by atoms with Crippen molar-refractivity contribution in [2.75, 3.05) is 26.2 Å². The van der Waals surface area contributed by atoms with E-state index in [1.165, 1.54) is 167 Å². The minimum absolute atomic E-state index is 0.317. The molecular weight excluding hydrogens is 614 g/mol. The first-order valence-corrected chi connectivity index (χ1v) is 21.2. The molecule has 0 saturated heterocycles. The van der Waals surface area contributed by atoms with E-state index in [2.05, 4.69) is 29.8 Å². The Morgan fingerprint density at radius 1 is 0.408 bits per heavy atom. The number of carbonyl (C=O) groups is 3. The normalized spacial score (nSPS) is 11.7. The molecule has 0 rings (SSSR count). The molecular formula is C41H81N3O5.